The molecule has 0 aliphatic rings. The van der Waals surface area contributed by atoms with Crippen molar-refractivity contribution >= 4 is 5.91 Å². The zero-order chi connectivity index (χ0) is 25.7. The van der Waals surface area contributed by atoms with Crippen LogP contribution in [0.3, 0.4) is 0 Å². The molecule has 0 heterocycles. The fourth-order valence-corrected chi connectivity index (χ4v) is 1.32. The summed E-state index contributed by atoms with van der Waals surface area (Å²) in [6.45, 7) is 0. The Hall–Kier alpha value is -1.80. The first kappa shape index (κ1) is 29.2. The van der Waals surface area contributed by atoms with Gasteiger partial charge in [-0.15, -0.1) is 0 Å². The minimum atomic E-state index is -8.01. The average molecular weight is 509 g/mol. The van der Waals surface area contributed by atoms with Crippen LogP contribution in [0.15, 0.2) is 0 Å². The molecule has 4 nitrogen and oxygen atoms in total. The Balaban J connectivity index is 6.69. The molecule has 31 heavy (non-hydrogen) atoms. The Labute approximate surface area is 157 Å². The summed E-state index contributed by atoms with van der Waals surface area (Å²) in [5.74, 6) is -26.0. The van der Waals surface area contributed by atoms with Crippen molar-refractivity contribution in [2.24, 2.45) is 0 Å². The number of carbonyl (C=O) groups is 1. The van der Waals surface area contributed by atoms with Gasteiger partial charge in [0.15, 0.2) is 0 Å². The maximum atomic E-state index is 13.7. The third-order valence-corrected chi connectivity index (χ3v) is 2.88. The molecule has 186 valence electrons. The Morgan fingerprint density at radius 2 is 0.968 bits per heavy atom. The van der Waals surface area contributed by atoms with Crippen LogP contribution in [0, 0.1) is 0 Å². The van der Waals surface area contributed by atoms with Gasteiger partial charge in [0.25, 0.3) is 5.91 Å². The highest BCUT2D eigenvalue weighted by molar-refractivity contribution is 5.84. The van der Waals surface area contributed by atoms with Gasteiger partial charge >= 0.3 is 48.4 Å². The van der Waals surface area contributed by atoms with Crippen LogP contribution in [0.4, 0.5) is 74.6 Å². The Morgan fingerprint density at radius 3 is 1.23 bits per heavy atom. The molecule has 0 radical (unpaired) electrons. The molecule has 2 atom stereocenters. The van der Waals surface area contributed by atoms with Crippen LogP contribution >= 0.6 is 0 Å². The van der Waals surface area contributed by atoms with Gasteiger partial charge in [-0.05, 0) is 0 Å². The quantitative estimate of drug-likeness (QED) is 0.511. The lowest BCUT2D eigenvalue weighted by Crippen LogP contribution is -2.68. The molecule has 1 N–H and O–H groups in total. The van der Waals surface area contributed by atoms with Crippen LogP contribution in [0.5, 0.6) is 0 Å². The van der Waals surface area contributed by atoms with Crippen molar-refractivity contribution < 1.29 is 88.9 Å². The normalized spacial score (nSPS) is 18.9. The number of rotatable bonds is 7. The van der Waals surface area contributed by atoms with Gasteiger partial charge in [0.1, 0.15) is 0 Å². The Kier molecular flexibility index (Phi) is 7.21. The maximum Gasteiger partial charge on any atom is 0.462 e. The number of alkyl halides is 17. The van der Waals surface area contributed by atoms with E-state index in [0.717, 1.165) is 0 Å². The average Bonchev–Trinajstić information content (AvgIpc) is 2.49. The van der Waals surface area contributed by atoms with Gasteiger partial charge in [0.2, 0.25) is 0 Å². The number of hydrogen-bond acceptors (Lipinski definition) is 3. The number of likely N-dealkylation sites (N-methyl/N-ethyl adjacent to an activating group) is 1. The predicted octanol–water partition coefficient (Wildman–Crippen LogP) is 4.61. The Morgan fingerprint density at radius 1 is 0.581 bits per heavy atom. The summed E-state index contributed by atoms with van der Waals surface area (Å²) in [5, 5.41) is 0.564. The van der Waals surface area contributed by atoms with Crippen molar-refractivity contribution in [3.63, 3.8) is 0 Å². The van der Waals surface area contributed by atoms with Crippen LogP contribution in [-0.4, -0.2) is 61.3 Å². The van der Waals surface area contributed by atoms with E-state index in [1.165, 1.54) is 4.74 Å². The fourth-order valence-electron chi connectivity index (χ4n) is 1.32. The van der Waals surface area contributed by atoms with Crippen molar-refractivity contribution in [2.75, 3.05) is 7.05 Å². The summed E-state index contributed by atoms with van der Waals surface area (Å²) in [6.07, 6.45) is -38.3. The van der Waals surface area contributed by atoms with Crippen LogP contribution in [-0.2, 0) is 14.3 Å². The Bertz CT molecular complexity index is 667. The maximum absolute atomic E-state index is 13.7. The fraction of sp³-hybridized carbons (Fsp3) is 0.900. The standard InChI is InChI=1S/C10H4F17NO3/c1-28-2(29)3(11,6(15,16)17)30-10(26,27)5(14,8(21,22)23)31-9(24,25)4(12,13)7(18,19)20/h1H3,(H,28,29)/t3-,5-/m0/s1. The SMILES string of the molecule is CNC(=O)[C@](F)(OC(F)(F)[C@@](F)(OC(F)(F)C(F)(F)C(F)(F)F)C(F)(F)F)C(F)(F)F. The van der Waals surface area contributed by atoms with Crippen LogP contribution in [0.2, 0.25) is 0 Å². The van der Waals surface area contributed by atoms with Crippen molar-refractivity contribution in [1.29, 1.82) is 0 Å². The van der Waals surface area contributed by atoms with E-state index in [2.05, 4.69) is 0 Å². The largest absolute Gasteiger partial charge is 0.462 e. The third kappa shape index (κ3) is 4.85. The lowest BCUT2D eigenvalue weighted by atomic mass is 10.2. The second-order valence-electron chi connectivity index (χ2n) is 5.07. The van der Waals surface area contributed by atoms with E-state index in [1.54, 1.807) is 4.74 Å². The zero-order valence-electron chi connectivity index (χ0n) is 13.7. The molecule has 0 aromatic heterocycles. The van der Waals surface area contributed by atoms with Gasteiger partial charge in [-0.25, -0.2) is 0 Å². The van der Waals surface area contributed by atoms with Crippen molar-refractivity contribution in [1.82, 2.24) is 5.32 Å². The molecule has 0 spiro atoms. The number of nitrogens with one attached hydrogen (secondary N) is 1. The number of halogens is 17. The number of amides is 1. The summed E-state index contributed by atoms with van der Waals surface area (Å²) in [5.41, 5.74) is 0. The minimum Gasteiger partial charge on any atom is -0.354 e. The van der Waals surface area contributed by atoms with Gasteiger partial charge in [-0.1, -0.05) is 0 Å². The number of hydrogen-bond donors (Lipinski definition) is 1. The zero-order valence-corrected chi connectivity index (χ0v) is 13.7. The van der Waals surface area contributed by atoms with Crippen LogP contribution < -0.4 is 5.32 Å². The van der Waals surface area contributed by atoms with E-state index in [9.17, 15) is 79.4 Å². The van der Waals surface area contributed by atoms with Gasteiger partial charge in [0.05, 0.1) is 0 Å². The molecule has 0 saturated heterocycles. The van der Waals surface area contributed by atoms with E-state index in [0.29, 0.717) is 5.32 Å². The van der Waals surface area contributed by atoms with E-state index in [1.807, 2.05) is 0 Å². The third-order valence-electron chi connectivity index (χ3n) is 2.88. The summed E-state index contributed by atoms with van der Waals surface area (Å²) in [6, 6.07) is 0. The lowest BCUT2D eigenvalue weighted by Gasteiger charge is -2.40. The van der Waals surface area contributed by atoms with E-state index < -0.39 is 54.3 Å². The molecule has 0 fully saturated rings. The highest BCUT2D eigenvalue weighted by Crippen LogP contribution is 2.56. The highest BCUT2D eigenvalue weighted by Gasteiger charge is 2.85. The second kappa shape index (κ2) is 7.66. The van der Waals surface area contributed by atoms with Crippen molar-refractivity contribution in [2.45, 2.75) is 48.4 Å². The second-order valence-corrected chi connectivity index (χ2v) is 5.07. The van der Waals surface area contributed by atoms with Gasteiger partial charge in [-0.2, -0.15) is 74.6 Å². The molecule has 0 aromatic rings. The summed E-state index contributed by atoms with van der Waals surface area (Å²) in [7, 11) is 0.0187. The van der Waals surface area contributed by atoms with Crippen molar-refractivity contribution in [3.05, 3.63) is 0 Å². The van der Waals surface area contributed by atoms with Crippen molar-refractivity contribution in [3.8, 4) is 0 Å². The smallest absolute Gasteiger partial charge is 0.354 e. The molecule has 21 heteroatoms. The monoisotopic (exact) mass is 509 g/mol. The molecule has 0 saturated carbocycles. The molecule has 1 amide bonds. The first-order valence-corrected chi connectivity index (χ1v) is 6.48. The summed E-state index contributed by atoms with van der Waals surface area (Å²) >= 11 is 0. The molecule has 0 aromatic carbocycles. The van der Waals surface area contributed by atoms with Gasteiger partial charge in [0, 0.05) is 7.05 Å². The van der Waals surface area contributed by atoms with Crippen LogP contribution in [0.1, 0.15) is 0 Å². The molecule has 0 bridgehead atoms. The first-order valence-electron chi connectivity index (χ1n) is 6.48. The molecule has 0 aliphatic carbocycles. The van der Waals surface area contributed by atoms with E-state index in [-0.39, 0.29) is 7.05 Å². The number of carbonyl (C=O) groups excluding carboxylic acids is 1. The first-order chi connectivity index (χ1) is 13.1. The highest BCUT2D eigenvalue weighted by atomic mass is 19.4. The molecule has 0 aliphatic heterocycles. The lowest BCUT2D eigenvalue weighted by molar-refractivity contribution is -0.548. The minimum absolute atomic E-state index is 0.0187. The molecular weight excluding hydrogens is 505 g/mol. The van der Waals surface area contributed by atoms with Gasteiger partial charge in [-0.3, -0.25) is 14.3 Å². The topological polar surface area (TPSA) is 47.6 Å². The van der Waals surface area contributed by atoms with E-state index in [4.69, 9.17) is 0 Å². The predicted molar refractivity (Wildman–Crippen MR) is 56.9 cm³/mol. The van der Waals surface area contributed by atoms with E-state index >= 15 is 0 Å². The molecule has 0 unspecified atom stereocenters. The molecule has 0 rings (SSSR count). The number of ether oxygens (including phenoxy) is 2. The molecular formula is C10H4F17NO3. The van der Waals surface area contributed by atoms with Gasteiger partial charge < -0.3 is 5.32 Å². The summed E-state index contributed by atoms with van der Waals surface area (Å²) in [4.78, 5) is 10.8. The van der Waals surface area contributed by atoms with Crippen LogP contribution in [0.25, 0.3) is 0 Å². The summed E-state index contributed by atoms with van der Waals surface area (Å²) < 4.78 is 219.